The Morgan fingerprint density at radius 3 is 2.65 bits per heavy atom. The van der Waals surface area contributed by atoms with Crippen LogP contribution in [0.2, 0.25) is 0 Å². The van der Waals surface area contributed by atoms with Gasteiger partial charge in [-0.2, -0.15) is 0 Å². The molecule has 0 bridgehead atoms. The van der Waals surface area contributed by atoms with E-state index >= 15 is 0 Å². The lowest BCUT2D eigenvalue weighted by molar-refractivity contribution is -0.123. The maximum Gasteiger partial charge on any atom is 0.258 e. The summed E-state index contributed by atoms with van der Waals surface area (Å²) in [5, 5.41) is 2.77. The minimum Gasteiger partial charge on any atom is -0.497 e. The molecule has 1 aliphatic heterocycles. The first-order chi connectivity index (χ1) is 12.5. The van der Waals surface area contributed by atoms with Gasteiger partial charge in [0, 0.05) is 18.7 Å². The minimum atomic E-state index is -0.407. The number of carbonyl (C=O) groups is 2. The Morgan fingerprint density at radius 2 is 1.96 bits per heavy atom. The van der Waals surface area contributed by atoms with Crippen LogP contribution in [0.4, 0.5) is 10.1 Å². The van der Waals surface area contributed by atoms with Gasteiger partial charge >= 0.3 is 0 Å². The molecule has 0 aromatic heterocycles. The fourth-order valence-electron chi connectivity index (χ4n) is 2.79. The van der Waals surface area contributed by atoms with Crippen LogP contribution in [0.25, 0.3) is 0 Å². The number of benzene rings is 2. The molecule has 0 saturated carbocycles. The van der Waals surface area contributed by atoms with Crippen molar-refractivity contribution < 1.29 is 23.5 Å². The van der Waals surface area contributed by atoms with Crippen LogP contribution in [0.1, 0.15) is 6.42 Å². The summed E-state index contributed by atoms with van der Waals surface area (Å²) in [6.07, 6.45) is 0.171. The first kappa shape index (κ1) is 17.7. The van der Waals surface area contributed by atoms with E-state index in [0.29, 0.717) is 23.7 Å². The standard InChI is InChI=1S/C19H19FN2O4/c1-25-16-5-7-17(8-6-16)26-12-18(23)21-14-10-19(24)22(11-14)15-4-2-3-13(20)9-15/h2-9,14H,10-12H2,1H3,(H,21,23)/t14-/m0/s1. The highest BCUT2D eigenvalue weighted by Crippen LogP contribution is 2.22. The van der Waals surface area contributed by atoms with Gasteiger partial charge in [-0.15, -0.1) is 0 Å². The van der Waals surface area contributed by atoms with E-state index in [1.54, 1.807) is 43.5 Å². The molecule has 2 amide bonds. The van der Waals surface area contributed by atoms with Gasteiger partial charge in [0.05, 0.1) is 13.2 Å². The maximum atomic E-state index is 13.3. The highest BCUT2D eigenvalue weighted by molar-refractivity contribution is 5.96. The third-order valence-corrected chi connectivity index (χ3v) is 4.04. The molecule has 0 unspecified atom stereocenters. The van der Waals surface area contributed by atoms with Gasteiger partial charge in [-0.1, -0.05) is 6.07 Å². The first-order valence-electron chi connectivity index (χ1n) is 8.17. The maximum absolute atomic E-state index is 13.3. The number of carbonyl (C=O) groups excluding carboxylic acids is 2. The number of amides is 2. The molecular weight excluding hydrogens is 339 g/mol. The normalized spacial score (nSPS) is 16.5. The zero-order valence-electron chi connectivity index (χ0n) is 14.3. The van der Waals surface area contributed by atoms with Gasteiger partial charge in [-0.05, 0) is 42.5 Å². The Kier molecular flexibility index (Phi) is 5.36. The van der Waals surface area contributed by atoms with Crippen LogP contribution in [0, 0.1) is 5.82 Å². The molecule has 1 heterocycles. The van der Waals surface area contributed by atoms with Gasteiger partial charge in [0.1, 0.15) is 17.3 Å². The Bertz CT molecular complexity index is 794. The van der Waals surface area contributed by atoms with Crippen molar-refractivity contribution in [2.75, 3.05) is 25.2 Å². The molecule has 1 atom stereocenters. The number of halogens is 1. The van der Waals surface area contributed by atoms with E-state index in [4.69, 9.17) is 9.47 Å². The second kappa shape index (κ2) is 7.86. The van der Waals surface area contributed by atoms with Crippen LogP contribution >= 0.6 is 0 Å². The number of hydrogen-bond donors (Lipinski definition) is 1. The van der Waals surface area contributed by atoms with Crippen molar-refractivity contribution in [2.24, 2.45) is 0 Å². The van der Waals surface area contributed by atoms with Gasteiger partial charge in [0.2, 0.25) is 5.91 Å². The number of nitrogens with zero attached hydrogens (tertiary/aromatic N) is 1. The Morgan fingerprint density at radius 1 is 1.23 bits per heavy atom. The predicted octanol–water partition coefficient (Wildman–Crippen LogP) is 2.13. The molecule has 1 saturated heterocycles. The zero-order valence-corrected chi connectivity index (χ0v) is 14.3. The summed E-state index contributed by atoms with van der Waals surface area (Å²) in [6, 6.07) is 12.4. The van der Waals surface area contributed by atoms with E-state index in [-0.39, 0.29) is 30.9 Å². The van der Waals surface area contributed by atoms with E-state index in [0.717, 1.165) is 0 Å². The Labute approximate surface area is 150 Å². The average Bonchev–Trinajstić information content (AvgIpc) is 3.00. The molecule has 3 rings (SSSR count). The van der Waals surface area contributed by atoms with Crippen LogP contribution in [0.3, 0.4) is 0 Å². The molecule has 0 spiro atoms. The summed E-state index contributed by atoms with van der Waals surface area (Å²) >= 11 is 0. The van der Waals surface area contributed by atoms with Gasteiger partial charge in [-0.3, -0.25) is 9.59 Å². The second-order valence-corrected chi connectivity index (χ2v) is 5.92. The van der Waals surface area contributed by atoms with Gasteiger partial charge in [0.25, 0.3) is 5.91 Å². The lowest BCUT2D eigenvalue weighted by Gasteiger charge is -2.17. The molecule has 1 fully saturated rings. The highest BCUT2D eigenvalue weighted by Gasteiger charge is 2.31. The van der Waals surface area contributed by atoms with Gasteiger partial charge in [0.15, 0.2) is 6.61 Å². The summed E-state index contributed by atoms with van der Waals surface area (Å²) in [5.41, 5.74) is 0.487. The SMILES string of the molecule is COc1ccc(OCC(=O)N[C@H]2CC(=O)N(c3cccc(F)c3)C2)cc1. The molecule has 136 valence electrons. The third kappa shape index (κ3) is 4.30. The topological polar surface area (TPSA) is 67.9 Å². The average molecular weight is 358 g/mol. The Balaban J connectivity index is 1.51. The summed E-state index contributed by atoms with van der Waals surface area (Å²) < 4.78 is 23.8. The van der Waals surface area contributed by atoms with E-state index in [1.165, 1.54) is 17.0 Å². The monoisotopic (exact) mass is 358 g/mol. The molecule has 6 nitrogen and oxygen atoms in total. The molecule has 26 heavy (non-hydrogen) atoms. The Hall–Kier alpha value is -3.09. The first-order valence-corrected chi connectivity index (χ1v) is 8.17. The minimum absolute atomic E-state index is 0.156. The molecule has 2 aromatic carbocycles. The number of hydrogen-bond acceptors (Lipinski definition) is 4. The summed E-state index contributed by atoms with van der Waals surface area (Å²) in [4.78, 5) is 25.6. The second-order valence-electron chi connectivity index (χ2n) is 5.92. The molecule has 7 heteroatoms. The predicted molar refractivity (Wildman–Crippen MR) is 93.8 cm³/mol. The van der Waals surface area contributed by atoms with E-state index in [9.17, 15) is 14.0 Å². The van der Waals surface area contributed by atoms with Gasteiger partial charge in [-0.25, -0.2) is 4.39 Å². The zero-order chi connectivity index (χ0) is 18.5. The van der Waals surface area contributed by atoms with Crippen molar-refractivity contribution in [3.8, 4) is 11.5 Å². The summed E-state index contributed by atoms with van der Waals surface area (Å²) in [5.74, 6) is 0.362. The van der Waals surface area contributed by atoms with Crippen molar-refractivity contribution in [1.29, 1.82) is 0 Å². The number of nitrogens with one attached hydrogen (secondary N) is 1. The molecule has 2 aromatic rings. The van der Waals surface area contributed by atoms with E-state index in [2.05, 4.69) is 5.32 Å². The number of rotatable bonds is 6. The summed E-state index contributed by atoms with van der Waals surface area (Å²) in [7, 11) is 1.57. The number of methoxy groups -OCH3 is 1. The largest absolute Gasteiger partial charge is 0.497 e. The van der Waals surface area contributed by atoms with Gasteiger partial charge < -0.3 is 19.7 Å². The number of ether oxygens (including phenoxy) is 2. The molecule has 0 aliphatic carbocycles. The van der Waals surface area contributed by atoms with E-state index < -0.39 is 5.82 Å². The van der Waals surface area contributed by atoms with Crippen molar-refractivity contribution >= 4 is 17.5 Å². The lowest BCUT2D eigenvalue weighted by atomic mass is 10.2. The fraction of sp³-hybridized carbons (Fsp3) is 0.263. The van der Waals surface area contributed by atoms with E-state index in [1.807, 2.05) is 0 Å². The summed E-state index contributed by atoms with van der Waals surface area (Å²) in [6.45, 7) is 0.146. The lowest BCUT2D eigenvalue weighted by Crippen LogP contribution is -2.39. The highest BCUT2D eigenvalue weighted by atomic mass is 19.1. The fourth-order valence-corrected chi connectivity index (χ4v) is 2.79. The van der Waals surface area contributed by atoms with Crippen molar-refractivity contribution in [3.05, 3.63) is 54.3 Å². The van der Waals surface area contributed by atoms with Crippen molar-refractivity contribution in [2.45, 2.75) is 12.5 Å². The van der Waals surface area contributed by atoms with Crippen LogP contribution < -0.4 is 19.7 Å². The molecular formula is C19H19FN2O4. The van der Waals surface area contributed by atoms with Crippen LogP contribution in [-0.2, 0) is 9.59 Å². The third-order valence-electron chi connectivity index (χ3n) is 4.04. The molecule has 1 aliphatic rings. The molecule has 1 N–H and O–H groups in total. The quantitative estimate of drug-likeness (QED) is 0.859. The van der Waals surface area contributed by atoms with Crippen LogP contribution in [-0.4, -0.2) is 38.1 Å². The molecule has 0 radical (unpaired) electrons. The van der Waals surface area contributed by atoms with Crippen molar-refractivity contribution in [1.82, 2.24) is 5.32 Å². The smallest absolute Gasteiger partial charge is 0.258 e. The number of anilines is 1. The van der Waals surface area contributed by atoms with Crippen LogP contribution in [0.15, 0.2) is 48.5 Å². The van der Waals surface area contributed by atoms with Crippen molar-refractivity contribution in [3.63, 3.8) is 0 Å². The van der Waals surface area contributed by atoms with Crippen LogP contribution in [0.5, 0.6) is 11.5 Å².